The third kappa shape index (κ3) is 3.20. The third-order valence-electron chi connectivity index (χ3n) is 4.03. The molecule has 0 bridgehead atoms. The Morgan fingerprint density at radius 1 is 1.21 bits per heavy atom. The Balaban J connectivity index is 2.00. The number of ketones is 1. The maximum Gasteiger partial charge on any atom is 0.270 e. The van der Waals surface area contributed by atoms with Crippen LogP contribution in [-0.4, -0.2) is 16.2 Å². The standard InChI is InChI=1S/C19H18N2O3/c1-19(2)12-14-6-3-4-9-16(14)17(20-19)11-18(22)13-7-5-8-15(10-13)21(23)24/h3-11,20H,12H2,1-2H3. The summed E-state index contributed by atoms with van der Waals surface area (Å²) in [5.74, 6) is -0.256. The van der Waals surface area contributed by atoms with E-state index >= 15 is 0 Å². The number of carbonyl (C=O) groups is 1. The Morgan fingerprint density at radius 2 is 1.96 bits per heavy atom. The van der Waals surface area contributed by atoms with E-state index in [1.54, 1.807) is 6.07 Å². The highest BCUT2D eigenvalue weighted by atomic mass is 16.6. The second-order valence-electron chi connectivity index (χ2n) is 6.57. The summed E-state index contributed by atoms with van der Waals surface area (Å²) in [5, 5.41) is 14.3. The second-order valence-corrected chi connectivity index (χ2v) is 6.57. The first-order valence-electron chi connectivity index (χ1n) is 7.73. The molecule has 2 aromatic carbocycles. The zero-order valence-electron chi connectivity index (χ0n) is 13.6. The fraction of sp³-hybridized carbons (Fsp3) is 0.211. The SMILES string of the molecule is CC1(C)Cc2ccccc2C(=CC(=O)c2cccc([N+](=O)[O-])c2)N1. The number of nitrogens with one attached hydrogen (secondary N) is 1. The van der Waals surface area contributed by atoms with Crippen LogP contribution in [0.3, 0.4) is 0 Å². The molecule has 3 rings (SSSR count). The highest BCUT2D eigenvalue weighted by molar-refractivity contribution is 6.09. The summed E-state index contributed by atoms with van der Waals surface area (Å²) < 4.78 is 0. The van der Waals surface area contributed by atoms with Gasteiger partial charge in [0.25, 0.3) is 5.69 Å². The van der Waals surface area contributed by atoms with Crippen molar-refractivity contribution in [2.75, 3.05) is 0 Å². The minimum absolute atomic E-state index is 0.0865. The van der Waals surface area contributed by atoms with Crippen LogP contribution >= 0.6 is 0 Å². The Hall–Kier alpha value is -2.95. The molecule has 0 saturated carbocycles. The summed E-state index contributed by atoms with van der Waals surface area (Å²) in [4.78, 5) is 23.0. The molecule has 0 aromatic heterocycles. The Bertz CT molecular complexity index is 853. The van der Waals surface area contributed by atoms with E-state index in [-0.39, 0.29) is 17.0 Å². The molecule has 0 unspecified atom stereocenters. The molecule has 0 atom stereocenters. The van der Waals surface area contributed by atoms with Crippen LogP contribution in [0.1, 0.15) is 35.3 Å². The fourth-order valence-electron chi connectivity index (χ4n) is 2.99. The molecule has 1 aliphatic heterocycles. The van der Waals surface area contributed by atoms with Crippen molar-refractivity contribution in [2.45, 2.75) is 25.8 Å². The highest BCUT2D eigenvalue weighted by Gasteiger charge is 2.27. The van der Waals surface area contributed by atoms with Crippen LogP contribution in [0.2, 0.25) is 0 Å². The Labute approximate surface area is 140 Å². The topological polar surface area (TPSA) is 72.2 Å². The van der Waals surface area contributed by atoms with Gasteiger partial charge in [0.05, 0.1) is 4.92 Å². The van der Waals surface area contributed by atoms with Gasteiger partial charge in [0.15, 0.2) is 5.78 Å². The number of nitro groups is 1. The summed E-state index contributed by atoms with van der Waals surface area (Å²) in [6, 6.07) is 13.8. The first kappa shape index (κ1) is 15.9. The van der Waals surface area contributed by atoms with Crippen LogP contribution in [0.4, 0.5) is 5.69 Å². The molecule has 0 spiro atoms. The van der Waals surface area contributed by atoms with E-state index in [1.165, 1.54) is 29.8 Å². The number of allylic oxidation sites excluding steroid dienone is 1. The number of nitrogens with zero attached hydrogens (tertiary/aromatic N) is 1. The number of non-ortho nitro benzene ring substituents is 1. The highest BCUT2D eigenvalue weighted by Crippen LogP contribution is 2.29. The maximum atomic E-state index is 12.6. The minimum atomic E-state index is -0.499. The van der Waals surface area contributed by atoms with Gasteiger partial charge in [0, 0.05) is 40.6 Å². The predicted molar refractivity (Wildman–Crippen MR) is 92.8 cm³/mol. The molecule has 0 fully saturated rings. The van der Waals surface area contributed by atoms with Crippen LogP contribution in [0, 0.1) is 10.1 Å². The molecule has 1 N–H and O–H groups in total. The van der Waals surface area contributed by atoms with Crippen LogP contribution in [0.15, 0.2) is 54.6 Å². The second kappa shape index (κ2) is 5.92. The van der Waals surface area contributed by atoms with E-state index in [2.05, 4.69) is 25.2 Å². The molecule has 0 radical (unpaired) electrons. The number of fused-ring (bicyclic) bond motifs is 1. The van der Waals surface area contributed by atoms with Crippen molar-refractivity contribution in [1.29, 1.82) is 0 Å². The maximum absolute atomic E-state index is 12.6. The van der Waals surface area contributed by atoms with Crippen LogP contribution < -0.4 is 5.32 Å². The van der Waals surface area contributed by atoms with Gasteiger partial charge in [0.1, 0.15) is 0 Å². The lowest BCUT2D eigenvalue weighted by molar-refractivity contribution is -0.384. The first-order valence-corrected chi connectivity index (χ1v) is 7.73. The summed E-state index contributed by atoms with van der Waals surface area (Å²) in [6.07, 6.45) is 2.39. The number of rotatable bonds is 3. The van der Waals surface area contributed by atoms with E-state index < -0.39 is 4.92 Å². The monoisotopic (exact) mass is 322 g/mol. The number of hydrogen-bond acceptors (Lipinski definition) is 4. The molecule has 1 aliphatic rings. The van der Waals surface area contributed by atoms with E-state index in [4.69, 9.17) is 0 Å². The normalized spacial score (nSPS) is 17.0. The van der Waals surface area contributed by atoms with Gasteiger partial charge in [-0.1, -0.05) is 36.4 Å². The van der Waals surface area contributed by atoms with Gasteiger partial charge in [-0.2, -0.15) is 0 Å². The molecule has 2 aromatic rings. The third-order valence-corrected chi connectivity index (χ3v) is 4.03. The van der Waals surface area contributed by atoms with Gasteiger partial charge in [-0.15, -0.1) is 0 Å². The zero-order valence-corrected chi connectivity index (χ0v) is 13.6. The summed E-state index contributed by atoms with van der Waals surface area (Å²) in [5.41, 5.74) is 2.98. The van der Waals surface area contributed by atoms with Crippen molar-refractivity contribution in [3.63, 3.8) is 0 Å². The summed E-state index contributed by atoms with van der Waals surface area (Å²) in [7, 11) is 0. The van der Waals surface area contributed by atoms with Gasteiger partial charge >= 0.3 is 0 Å². The van der Waals surface area contributed by atoms with Crippen LogP contribution in [0.5, 0.6) is 0 Å². The lowest BCUT2D eigenvalue weighted by Gasteiger charge is -2.35. The smallest absolute Gasteiger partial charge is 0.270 e. The van der Waals surface area contributed by atoms with Crippen molar-refractivity contribution >= 4 is 17.2 Å². The van der Waals surface area contributed by atoms with E-state index in [0.717, 1.165) is 17.7 Å². The summed E-state index contributed by atoms with van der Waals surface area (Å²) >= 11 is 0. The molecule has 0 saturated heterocycles. The molecular formula is C19H18N2O3. The molecule has 0 amide bonds. The molecule has 5 heteroatoms. The average Bonchev–Trinajstić information content (AvgIpc) is 2.54. The molecular weight excluding hydrogens is 304 g/mol. The quantitative estimate of drug-likeness (QED) is 0.404. The van der Waals surface area contributed by atoms with Crippen LogP contribution in [-0.2, 0) is 6.42 Å². The average molecular weight is 322 g/mol. The van der Waals surface area contributed by atoms with E-state index in [0.29, 0.717) is 5.56 Å². The largest absolute Gasteiger partial charge is 0.379 e. The van der Waals surface area contributed by atoms with Gasteiger partial charge in [0.2, 0.25) is 0 Å². The molecule has 122 valence electrons. The van der Waals surface area contributed by atoms with Crippen molar-refractivity contribution in [2.24, 2.45) is 0 Å². The van der Waals surface area contributed by atoms with Gasteiger partial charge in [-0.05, 0) is 25.8 Å². The number of carbonyl (C=O) groups excluding carboxylic acids is 1. The molecule has 5 nitrogen and oxygen atoms in total. The Kier molecular flexibility index (Phi) is 3.93. The van der Waals surface area contributed by atoms with Crippen molar-refractivity contribution in [1.82, 2.24) is 5.32 Å². The van der Waals surface area contributed by atoms with Crippen molar-refractivity contribution < 1.29 is 9.72 Å². The van der Waals surface area contributed by atoms with Gasteiger partial charge in [-0.25, -0.2) is 0 Å². The molecule has 0 aliphatic carbocycles. The minimum Gasteiger partial charge on any atom is -0.379 e. The molecule has 24 heavy (non-hydrogen) atoms. The lowest BCUT2D eigenvalue weighted by atomic mass is 9.85. The van der Waals surface area contributed by atoms with Crippen LogP contribution in [0.25, 0.3) is 5.70 Å². The van der Waals surface area contributed by atoms with E-state index in [9.17, 15) is 14.9 Å². The van der Waals surface area contributed by atoms with Crippen molar-refractivity contribution in [3.8, 4) is 0 Å². The lowest BCUT2D eigenvalue weighted by Crippen LogP contribution is -2.43. The zero-order chi connectivity index (χ0) is 17.3. The predicted octanol–water partition coefficient (Wildman–Crippen LogP) is 3.74. The van der Waals surface area contributed by atoms with Gasteiger partial charge < -0.3 is 5.32 Å². The number of hydrogen-bond donors (Lipinski definition) is 1. The first-order chi connectivity index (χ1) is 11.4. The number of nitro benzene ring substituents is 1. The number of benzene rings is 2. The fourth-order valence-corrected chi connectivity index (χ4v) is 2.99. The van der Waals surface area contributed by atoms with Gasteiger partial charge in [-0.3, -0.25) is 14.9 Å². The Morgan fingerprint density at radius 3 is 2.71 bits per heavy atom. The van der Waals surface area contributed by atoms with E-state index in [1.807, 2.05) is 18.2 Å². The molecule has 1 heterocycles. The summed E-state index contributed by atoms with van der Waals surface area (Å²) in [6.45, 7) is 4.16. The van der Waals surface area contributed by atoms with Crippen molar-refractivity contribution in [3.05, 3.63) is 81.4 Å².